The van der Waals surface area contributed by atoms with E-state index in [4.69, 9.17) is 0 Å². The number of hydrogen-bond acceptors (Lipinski definition) is 3. The fraction of sp³-hybridized carbons (Fsp3) is 0. The highest BCUT2D eigenvalue weighted by Crippen LogP contribution is 2.16. The van der Waals surface area contributed by atoms with E-state index in [0.717, 1.165) is 9.13 Å². The van der Waals surface area contributed by atoms with Crippen LogP contribution in [0.1, 0.15) is 0 Å². The van der Waals surface area contributed by atoms with E-state index >= 15 is 0 Å². The number of nitrogens with zero attached hydrogens (tertiary/aromatic N) is 2. The Morgan fingerprint density at radius 3 is 2.89 bits per heavy atom. The second kappa shape index (κ2) is 4.49. The van der Waals surface area contributed by atoms with Crippen LogP contribution in [0.5, 0.6) is 0 Å². The average molecular weight is 349 g/mol. The molecule has 5 heteroatoms. The average Bonchev–Trinajstić information content (AvgIpc) is 2.40. The van der Waals surface area contributed by atoms with E-state index in [1.165, 1.54) is 0 Å². The van der Waals surface area contributed by atoms with E-state index in [0.29, 0.717) is 16.7 Å². The summed E-state index contributed by atoms with van der Waals surface area (Å²) in [5, 5.41) is 0.606. The number of hydrogen-bond donors (Lipinski definition) is 1. The molecule has 88 valence electrons. The minimum absolute atomic E-state index is 0.127. The molecule has 1 N–H and O–H groups in total. The molecule has 3 aromatic rings. The third-order valence-corrected chi connectivity index (χ3v) is 3.27. The van der Waals surface area contributed by atoms with Gasteiger partial charge in [-0.15, -0.1) is 0 Å². The fourth-order valence-corrected chi connectivity index (χ4v) is 2.24. The van der Waals surface area contributed by atoms with Crippen LogP contribution >= 0.6 is 22.6 Å². The van der Waals surface area contributed by atoms with E-state index < -0.39 is 0 Å². The molecule has 0 unspecified atom stereocenters. The van der Waals surface area contributed by atoms with Crippen LogP contribution < -0.4 is 5.56 Å². The van der Waals surface area contributed by atoms with Gasteiger partial charge in [0.05, 0.1) is 10.9 Å². The number of pyridine rings is 1. The molecule has 18 heavy (non-hydrogen) atoms. The van der Waals surface area contributed by atoms with Crippen LogP contribution in [0.4, 0.5) is 0 Å². The van der Waals surface area contributed by atoms with Gasteiger partial charge in [-0.25, -0.2) is 4.98 Å². The third kappa shape index (κ3) is 2.01. The van der Waals surface area contributed by atoms with Crippen LogP contribution in [0.3, 0.4) is 0 Å². The normalized spacial score (nSPS) is 10.7. The van der Waals surface area contributed by atoms with Crippen molar-refractivity contribution >= 4 is 33.5 Å². The molecule has 0 bridgehead atoms. The first-order valence-corrected chi connectivity index (χ1v) is 6.42. The van der Waals surface area contributed by atoms with E-state index in [1.54, 1.807) is 12.4 Å². The summed E-state index contributed by atoms with van der Waals surface area (Å²) in [7, 11) is 0. The van der Waals surface area contributed by atoms with Crippen LogP contribution in [0.15, 0.2) is 47.5 Å². The number of nitrogens with one attached hydrogen (secondary N) is 1. The molecule has 1 aromatic carbocycles. The maximum atomic E-state index is 12.0. The van der Waals surface area contributed by atoms with Crippen molar-refractivity contribution in [3.8, 4) is 11.4 Å². The van der Waals surface area contributed by atoms with E-state index in [9.17, 15) is 4.79 Å². The third-order valence-electron chi connectivity index (χ3n) is 2.60. The van der Waals surface area contributed by atoms with Gasteiger partial charge in [-0.3, -0.25) is 9.78 Å². The van der Waals surface area contributed by atoms with Crippen LogP contribution in [-0.4, -0.2) is 15.0 Å². The molecule has 0 fully saturated rings. The summed E-state index contributed by atoms with van der Waals surface area (Å²) in [6.07, 6.45) is 3.36. The fourth-order valence-electron chi connectivity index (χ4n) is 1.75. The molecular weight excluding hydrogens is 341 g/mol. The quantitative estimate of drug-likeness (QED) is 0.687. The monoisotopic (exact) mass is 349 g/mol. The molecule has 0 aliphatic carbocycles. The summed E-state index contributed by atoms with van der Waals surface area (Å²) in [4.78, 5) is 23.3. The number of benzene rings is 1. The van der Waals surface area contributed by atoms with Crippen molar-refractivity contribution in [1.29, 1.82) is 0 Å². The number of H-pyrrole nitrogens is 1. The molecule has 0 aliphatic heterocycles. The molecule has 0 amide bonds. The van der Waals surface area contributed by atoms with Gasteiger partial charge in [0.25, 0.3) is 5.56 Å². The van der Waals surface area contributed by atoms with Gasteiger partial charge in [-0.1, -0.05) is 0 Å². The molecule has 0 atom stereocenters. The van der Waals surface area contributed by atoms with Crippen molar-refractivity contribution in [2.24, 2.45) is 0 Å². The van der Waals surface area contributed by atoms with Crippen molar-refractivity contribution in [2.75, 3.05) is 0 Å². The summed E-state index contributed by atoms with van der Waals surface area (Å²) < 4.78 is 1.02. The van der Waals surface area contributed by atoms with Gasteiger partial charge in [-0.05, 0) is 52.9 Å². The van der Waals surface area contributed by atoms with E-state index in [2.05, 4.69) is 37.5 Å². The van der Waals surface area contributed by atoms with Crippen molar-refractivity contribution in [2.45, 2.75) is 0 Å². The van der Waals surface area contributed by atoms with Gasteiger partial charge < -0.3 is 4.98 Å². The van der Waals surface area contributed by atoms with E-state index in [1.807, 2.05) is 30.3 Å². The Kier molecular flexibility index (Phi) is 2.83. The van der Waals surface area contributed by atoms with Crippen LogP contribution in [0.25, 0.3) is 22.3 Å². The first kappa shape index (κ1) is 11.3. The van der Waals surface area contributed by atoms with Crippen LogP contribution in [0.2, 0.25) is 0 Å². The lowest BCUT2D eigenvalue weighted by Gasteiger charge is -2.02. The van der Waals surface area contributed by atoms with Gasteiger partial charge in [0.2, 0.25) is 0 Å². The van der Waals surface area contributed by atoms with Crippen LogP contribution in [-0.2, 0) is 0 Å². The van der Waals surface area contributed by atoms with Gasteiger partial charge in [0.1, 0.15) is 5.82 Å². The molecule has 4 nitrogen and oxygen atoms in total. The Morgan fingerprint density at radius 2 is 2.11 bits per heavy atom. The Morgan fingerprint density at radius 1 is 1.22 bits per heavy atom. The summed E-state index contributed by atoms with van der Waals surface area (Å²) in [5.74, 6) is 0.543. The van der Waals surface area contributed by atoms with Gasteiger partial charge in [-0.2, -0.15) is 0 Å². The van der Waals surface area contributed by atoms with Gasteiger partial charge >= 0.3 is 0 Å². The predicted octanol–water partition coefficient (Wildman–Crippen LogP) is 2.59. The molecule has 0 saturated carbocycles. The molecular formula is C13H8IN3O. The Labute approximate surface area is 116 Å². The smallest absolute Gasteiger partial charge is 0.259 e. The SMILES string of the molecule is O=c1[nH]c(-c2cccnc2)nc2ccc(I)cc12. The van der Waals surface area contributed by atoms with E-state index in [-0.39, 0.29) is 5.56 Å². The predicted molar refractivity (Wildman–Crippen MR) is 78.3 cm³/mol. The first-order chi connectivity index (χ1) is 8.74. The zero-order chi connectivity index (χ0) is 12.5. The van der Waals surface area contributed by atoms with Gasteiger partial charge in [0, 0.05) is 21.5 Å². The second-order valence-corrected chi connectivity index (χ2v) is 5.06. The van der Waals surface area contributed by atoms with Crippen molar-refractivity contribution < 1.29 is 0 Å². The molecule has 2 aromatic heterocycles. The number of halogens is 1. The lowest BCUT2D eigenvalue weighted by atomic mass is 10.2. The molecule has 3 rings (SSSR count). The van der Waals surface area contributed by atoms with Crippen molar-refractivity contribution in [1.82, 2.24) is 15.0 Å². The summed E-state index contributed by atoms with van der Waals surface area (Å²) in [6, 6.07) is 9.29. The number of rotatable bonds is 1. The summed E-state index contributed by atoms with van der Waals surface area (Å²) >= 11 is 2.17. The summed E-state index contributed by atoms with van der Waals surface area (Å²) in [5.41, 5.74) is 1.37. The lowest BCUT2D eigenvalue weighted by molar-refractivity contribution is 1.17. The van der Waals surface area contributed by atoms with Gasteiger partial charge in [0.15, 0.2) is 0 Å². The zero-order valence-corrected chi connectivity index (χ0v) is 11.4. The maximum absolute atomic E-state index is 12.0. The molecule has 0 saturated heterocycles. The maximum Gasteiger partial charge on any atom is 0.259 e. The number of aromatic nitrogens is 3. The highest BCUT2D eigenvalue weighted by molar-refractivity contribution is 14.1. The lowest BCUT2D eigenvalue weighted by Crippen LogP contribution is -2.09. The van der Waals surface area contributed by atoms with Crippen LogP contribution in [0, 0.1) is 3.57 Å². The molecule has 0 aliphatic rings. The minimum atomic E-state index is -0.127. The largest absolute Gasteiger partial charge is 0.306 e. The van der Waals surface area contributed by atoms with Crippen molar-refractivity contribution in [3.05, 3.63) is 56.6 Å². The topological polar surface area (TPSA) is 58.6 Å². The number of fused-ring (bicyclic) bond motifs is 1. The highest BCUT2D eigenvalue weighted by atomic mass is 127. The Balaban J connectivity index is 2.29. The molecule has 0 spiro atoms. The molecule has 2 heterocycles. The minimum Gasteiger partial charge on any atom is -0.306 e. The van der Waals surface area contributed by atoms with Crippen molar-refractivity contribution in [3.63, 3.8) is 0 Å². The summed E-state index contributed by atoms with van der Waals surface area (Å²) in [6.45, 7) is 0. The molecule has 0 radical (unpaired) electrons. The second-order valence-electron chi connectivity index (χ2n) is 3.82. The Bertz CT molecular complexity index is 768. The number of aromatic amines is 1. The highest BCUT2D eigenvalue weighted by Gasteiger charge is 2.06. The Hall–Kier alpha value is -1.76. The zero-order valence-electron chi connectivity index (χ0n) is 9.22. The first-order valence-electron chi connectivity index (χ1n) is 5.34. The standard InChI is InChI=1S/C13H8IN3O/c14-9-3-4-11-10(6-9)13(18)17-12(16-11)8-2-1-5-15-7-8/h1-7H,(H,16,17,18).